The van der Waals surface area contributed by atoms with Crippen LogP contribution in [-0.2, 0) is 44.0 Å². The second-order valence-electron chi connectivity index (χ2n) is 14.6. The van der Waals surface area contributed by atoms with Crippen molar-refractivity contribution >= 4 is 43.8 Å². The molecule has 0 saturated carbocycles. The summed E-state index contributed by atoms with van der Waals surface area (Å²) >= 11 is 0. The quantitative estimate of drug-likeness (QED) is 0.0604. The molecule has 0 aromatic heterocycles. The van der Waals surface area contributed by atoms with Crippen LogP contribution in [0.2, 0.25) is 0 Å². The number of hydrogen-bond donors (Lipinski definition) is 4. The van der Waals surface area contributed by atoms with Crippen LogP contribution in [0.1, 0.15) is 54.0 Å². The van der Waals surface area contributed by atoms with Crippen molar-refractivity contribution < 1.29 is 61.3 Å². The summed E-state index contributed by atoms with van der Waals surface area (Å²) < 4.78 is 46.0. The van der Waals surface area contributed by atoms with Crippen molar-refractivity contribution in [3.63, 3.8) is 0 Å². The van der Waals surface area contributed by atoms with Crippen LogP contribution in [0.5, 0.6) is 5.75 Å². The maximum Gasteiger partial charge on any atom is 0.513 e. The number of carbonyl (C=O) groups is 6. The van der Waals surface area contributed by atoms with E-state index in [0.29, 0.717) is 0 Å². The van der Waals surface area contributed by atoms with E-state index in [9.17, 15) is 33.3 Å². The minimum atomic E-state index is -4.07. The van der Waals surface area contributed by atoms with Crippen LogP contribution in [0.15, 0.2) is 72.9 Å². The Hall–Kier alpha value is -5.65. The molecule has 0 aliphatic carbocycles. The van der Waals surface area contributed by atoms with Crippen molar-refractivity contribution in [3.8, 4) is 5.75 Å². The third-order valence-corrected chi connectivity index (χ3v) is 9.91. The first-order chi connectivity index (χ1) is 27.8. The largest absolute Gasteiger partial charge is 0.513 e. The lowest BCUT2D eigenvalue weighted by molar-refractivity contribution is -0.140. The first kappa shape index (κ1) is 47.7. The van der Waals surface area contributed by atoms with Crippen LogP contribution in [0, 0.1) is 0 Å². The highest BCUT2D eigenvalue weighted by Gasteiger charge is 2.41. The molecule has 2 atom stereocenters. The molecule has 324 valence electrons. The molecule has 1 heterocycles. The second-order valence-corrected chi connectivity index (χ2v) is 16.7. The Morgan fingerprint density at radius 1 is 0.898 bits per heavy atom. The zero-order valence-corrected chi connectivity index (χ0v) is 35.3. The van der Waals surface area contributed by atoms with Crippen LogP contribution >= 0.6 is 7.60 Å². The van der Waals surface area contributed by atoms with Crippen LogP contribution in [0.25, 0.3) is 0 Å². The number of para-hydroxylation sites is 1. The number of urea groups is 1. The van der Waals surface area contributed by atoms with Crippen LogP contribution in [0.3, 0.4) is 0 Å². The van der Waals surface area contributed by atoms with Gasteiger partial charge in [-0.3, -0.25) is 24.4 Å². The Bertz CT molecular complexity index is 1800. The molecule has 3 rings (SSSR count). The normalized spacial score (nSPS) is 14.6. The fourth-order valence-corrected chi connectivity index (χ4v) is 7.14. The molecule has 1 aliphatic rings. The van der Waals surface area contributed by atoms with Gasteiger partial charge in [-0.1, -0.05) is 48.5 Å². The number of alkyl carbamates (subject to hydrolysis) is 2. The van der Waals surface area contributed by atoms with Crippen molar-refractivity contribution in [2.24, 2.45) is 0 Å². The summed E-state index contributed by atoms with van der Waals surface area (Å²) in [6.07, 6.45) is -1.59. The Morgan fingerprint density at radius 3 is 2.12 bits per heavy atom. The molecule has 2 aromatic carbocycles. The fraction of sp³-hybridized carbons (Fsp3) is 0.487. The summed E-state index contributed by atoms with van der Waals surface area (Å²) in [4.78, 5) is 81.2. The summed E-state index contributed by atoms with van der Waals surface area (Å²) in [5.74, 6) is -1.43. The third kappa shape index (κ3) is 17.4. The number of amides is 6. The molecule has 19 nitrogen and oxygen atoms in total. The van der Waals surface area contributed by atoms with E-state index in [1.54, 1.807) is 103 Å². The molecule has 20 heteroatoms. The minimum Gasteiger partial charge on any atom is -0.445 e. The number of nitrogens with one attached hydrogen (secondary N) is 4. The average Bonchev–Trinajstić information content (AvgIpc) is 3.15. The van der Waals surface area contributed by atoms with Gasteiger partial charge in [0.05, 0.1) is 24.9 Å². The average molecular weight is 847 g/mol. The molecule has 2 aromatic rings. The summed E-state index contributed by atoms with van der Waals surface area (Å²) in [5, 5.41) is 10.3. The zero-order chi connectivity index (χ0) is 43.6. The predicted octanol–water partition coefficient (Wildman–Crippen LogP) is 4.88. The van der Waals surface area contributed by atoms with Crippen LogP contribution < -0.4 is 26.0 Å². The third-order valence-electron chi connectivity index (χ3n) is 7.82. The molecule has 0 radical (unpaired) electrons. The van der Waals surface area contributed by atoms with Crippen LogP contribution in [-0.4, -0.2) is 115 Å². The number of benzene rings is 2. The monoisotopic (exact) mass is 846 g/mol. The van der Waals surface area contributed by atoms with Gasteiger partial charge < -0.3 is 48.8 Å². The number of ether oxygens (including phenoxy) is 4. The molecule has 6 amide bonds. The molecule has 4 N–H and O–H groups in total. The number of carbonyl (C=O) groups excluding carboxylic acids is 6. The van der Waals surface area contributed by atoms with Gasteiger partial charge in [-0.05, 0) is 72.2 Å². The Morgan fingerprint density at radius 2 is 1.53 bits per heavy atom. The lowest BCUT2D eigenvalue weighted by Gasteiger charge is -2.36. The number of nitrogens with zero attached hydrogens (tertiary/aromatic N) is 2. The lowest BCUT2D eigenvalue weighted by atomic mass is 10.1. The summed E-state index contributed by atoms with van der Waals surface area (Å²) in [7, 11) is -4.07. The maximum atomic E-state index is 14.3. The van der Waals surface area contributed by atoms with E-state index in [-0.39, 0.29) is 45.3 Å². The van der Waals surface area contributed by atoms with E-state index in [1.165, 1.54) is 12.3 Å². The highest BCUT2D eigenvalue weighted by molar-refractivity contribution is 7.54. The Labute approximate surface area is 343 Å². The molecule has 59 heavy (non-hydrogen) atoms. The molecule has 2 unspecified atom stereocenters. The van der Waals surface area contributed by atoms with E-state index in [1.807, 2.05) is 6.07 Å². The number of rotatable bonds is 20. The molecule has 0 spiro atoms. The molecule has 1 aliphatic heterocycles. The van der Waals surface area contributed by atoms with E-state index >= 15 is 0 Å². The van der Waals surface area contributed by atoms with Crippen LogP contribution in [0.4, 0.5) is 19.2 Å². The molecule has 0 fully saturated rings. The highest BCUT2D eigenvalue weighted by Crippen LogP contribution is 2.49. The van der Waals surface area contributed by atoms with Gasteiger partial charge in [-0.2, -0.15) is 0 Å². The highest BCUT2D eigenvalue weighted by atomic mass is 31.2. The van der Waals surface area contributed by atoms with E-state index in [0.717, 1.165) is 15.4 Å². The zero-order valence-electron chi connectivity index (χ0n) is 34.4. The van der Waals surface area contributed by atoms with Crippen molar-refractivity contribution in [2.45, 2.75) is 78.4 Å². The van der Waals surface area contributed by atoms with E-state index in [4.69, 9.17) is 28.0 Å². The van der Waals surface area contributed by atoms with E-state index < -0.39 is 79.8 Å². The molecular weight excluding hydrogens is 791 g/mol. The van der Waals surface area contributed by atoms with Crippen molar-refractivity contribution in [1.29, 1.82) is 0 Å². The van der Waals surface area contributed by atoms with Gasteiger partial charge in [0.25, 0.3) is 0 Å². The molecule has 0 saturated heterocycles. The van der Waals surface area contributed by atoms with Gasteiger partial charge in [0.15, 0.2) is 0 Å². The topological polar surface area (TPSA) is 229 Å². The van der Waals surface area contributed by atoms with Crippen molar-refractivity contribution in [2.75, 3.05) is 45.6 Å². The predicted molar refractivity (Wildman–Crippen MR) is 214 cm³/mol. The first-order valence-corrected chi connectivity index (χ1v) is 20.6. The summed E-state index contributed by atoms with van der Waals surface area (Å²) in [5.41, 5.74) is -1.37. The van der Waals surface area contributed by atoms with E-state index in [2.05, 4.69) is 21.3 Å². The summed E-state index contributed by atoms with van der Waals surface area (Å²) in [6, 6.07) is 14.8. The smallest absolute Gasteiger partial charge is 0.445 e. The van der Waals surface area contributed by atoms with Gasteiger partial charge in [0.1, 0.15) is 43.3 Å². The SMILES string of the molecule is CCOP(=O)(CC(C(=O)NC(C)(C)COC(=O)Oc1ccccc1)N(CCNC(=O)OC(C)(C)C)C(=O)CN1C=CC(NC(=O)OCc2ccccc2)NC1=O)OCC. The maximum absolute atomic E-state index is 14.3. The van der Waals surface area contributed by atoms with Gasteiger partial charge in [-0.25, -0.2) is 19.2 Å². The minimum absolute atomic E-state index is 0.00439. The fourth-order valence-electron chi connectivity index (χ4n) is 5.28. The van der Waals surface area contributed by atoms with Crippen molar-refractivity contribution in [3.05, 3.63) is 78.5 Å². The Balaban J connectivity index is 1.84. The Kier molecular flexibility index (Phi) is 18.2. The van der Waals surface area contributed by atoms with Gasteiger partial charge in [0.2, 0.25) is 11.8 Å². The molecular formula is C39H55N6O13P. The number of hydrogen-bond acceptors (Lipinski definition) is 13. The molecule has 0 bridgehead atoms. The first-order valence-electron chi connectivity index (χ1n) is 18.9. The summed E-state index contributed by atoms with van der Waals surface area (Å²) in [6.45, 7) is 9.52. The van der Waals surface area contributed by atoms with Gasteiger partial charge in [0, 0.05) is 19.3 Å². The van der Waals surface area contributed by atoms with Gasteiger partial charge in [-0.15, -0.1) is 0 Å². The van der Waals surface area contributed by atoms with Crippen molar-refractivity contribution in [1.82, 2.24) is 31.1 Å². The standard InChI is InChI=1S/C39H55N6O13P/c1-8-55-59(52,56-9-2)26-30(33(47)43-39(6,7)27-54-37(51)57-29-18-14-11-15-19-29)45(23-21-40-35(49)58-38(3,4)5)32(46)24-44-22-20-31(41-34(44)48)42-36(50)53-25-28-16-12-10-13-17-28/h10-20,22,30-31H,8-9,21,23-27H2,1-7H3,(H,40,49)(H,41,48)(H,42,50)(H,43,47). The second kappa shape index (κ2) is 22.5. The lowest BCUT2D eigenvalue weighted by Crippen LogP contribution is -2.60. The van der Waals surface area contributed by atoms with Gasteiger partial charge >= 0.3 is 32.0 Å².